The predicted octanol–water partition coefficient (Wildman–Crippen LogP) is 1.87. The number of benzene rings is 1. The van der Waals surface area contributed by atoms with Gasteiger partial charge in [-0.25, -0.2) is 0 Å². The van der Waals surface area contributed by atoms with Crippen LogP contribution in [0.2, 0.25) is 0 Å². The zero-order chi connectivity index (χ0) is 14.2. The summed E-state index contributed by atoms with van der Waals surface area (Å²) >= 11 is 0. The van der Waals surface area contributed by atoms with Crippen LogP contribution in [0.3, 0.4) is 0 Å². The van der Waals surface area contributed by atoms with Crippen LogP contribution < -0.4 is 5.32 Å². The molecule has 1 aliphatic carbocycles. The summed E-state index contributed by atoms with van der Waals surface area (Å²) in [5.74, 6) is 0.307. The zero-order valence-electron chi connectivity index (χ0n) is 11.5. The Morgan fingerprint density at radius 1 is 1.25 bits per heavy atom. The van der Waals surface area contributed by atoms with Crippen LogP contribution in [0.5, 0.6) is 0 Å². The van der Waals surface area contributed by atoms with E-state index in [1.807, 2.05) is 30.3 Å². The SMILES string of the molecule is O=C(COC1CCCC1)NCCS(=O)c1ccccc1. The first-order chi connectivity index (χ1) is 9.75. The number of carbonyl (C=O) groups excluding carboxylic acids is 1. The first-order valence-corrected chi connectivity index (χ1v) is 8.39. The van der Waals surface area contributed by atoms with Crippen molar-refractivity contribution in [2.75, 3.05) is 18.9 Å². The summed E-state index contributed by atoms with van der Waals surface area (Å²) < 4.78 is 17.4. The van der Waals surface area contributed by atoms with Crippen molar-refractivity contribution in [3.8, 4) is 0 Å². The summed E-state index contributed by atoms with van der Waals surface area (Å²) in [5.41, 5.74) is 0. The summed E-state index contributed by atoms with van der Waals surface area (Å²) in [7, 11) is -1.06. The van der Waals surface area contributed by atoms with E-state index in [1.54, 1.807) is 0 Å². The largest absolute Gasteiger partial charge is 0.368 e. The minimum Gasteiger partial charge on any atom is -0.368 e. The molecule has 0 aliphatic heterocycles. The number of rotatable bonds is 7. The van der Waals surface area contributed by atoms with E-state index in [4.69, 9.17) is 4.74 Å². The first-order valence-electron chi connectivity index (χ1n) is 7.07. The molecule has 0 saturated heterocycles. The molecular formula is C15H21NO3S. The standard InChI is InChI=1S/C15H21NO3S/c17-15(12-19-13-6-4-5-7-13)16-10-11-20(18)14-8-2-1-3-9-14/h1-3,8-9,13H,4-7,10-12H2,(H,16,17). The maximum Gasteiger partial charge on any atom is 0.246 e. The Morgan fingerprint density at radius 2 is 1.95 bits per heavy atom. The van der Waals surface area contributed by atoms with E-state index >= 15 is 0 Å². The van der Waals surface area contributed by atoms with Gasteiger partial charge in [-0.05, 0) is 25.0 Å². The van der Waals surface area contributed by atoms with E-state index < -0.39 is 10.8 Å². The van der Waals surface area contributed by atoms with E-state index in [-0.39, 0.29) is 18.6 Å². The molecule has 4 nitrogen and oxygen atoms in total. The molecule has 1 saturated carbocycles. The number of amides is 1. The summed E-state index contributed by atoms with van der Waals surface area (Å²) in [6.07, 6.45) is 4.76. The van der Waals surface area contributed by atoms with Crippen molar-refractivity contribution >= 4 is 16.7 Å². The molecule has 1 N–H and O–H groups in total. The highest BCUT2D eigenvalue weighted by Gasteiger charge is 2.16. The topological polar surface area (TPSA) is 55.4 Å². The average molecular weight is 295 g/mol. The van der Waals surface area contributed by atoms with E-state index in [1.165, 1.54) is 12.8 Å². The highest BCUT2D eigenvalue weighted by Crippen LogP contribution is 2.20. The Morgan fingerprint density at radius 3 is 2.65 bits per heavy atom. The molecule has 20 heavy (non-hydrogen) atoms. The Kier molecular flexibility index (Phi) is 6.21. The normalized spacial score (nSPS) is 17.0. The van der Waals surface area contributed by atoms with Gasteiger partial charge in [0.05, 0.1) is 16.9 Å². The van der Waals surface area contributed by atoms with Gasteiger partial charge in [0, 0.05) is 17.2 Å². The van der Waals surface area contributed by atoms with Crippen molar-refractivity contribution in [1.29, 1.82) is 0 Å². The molecule has 1 aromatic rings. The number of ether oxygens (including phenoxy) is 1. The molecule has 1 amide bonds. The molecule has 0 radical (unpaired) electrons. The van der Waals surface area contributed by atoms with Crippen molar-refractivity contribution in [2.24, 2.45) is 0 Å². The number of hydrogen-bond donors (Lipinski definition) is 1. The lowest BCUT2D eigenvalue weighted by molar-refractivity contribution is -0.127. The van der Waals surface area contributed by atoms with Crippen LogP contribution in [0.4, 0.5) is 0 Å². The van der Waals surface area contributed by atoms with Crippen molar-refractivity contribution in [3.63, 3.8) is 0 Å². The second-order valence-corrected chi connectivity index (χ2v) is 6.50. The monoisotopic (exact) mass is 295 g/mol. The van der Waals surface area contributed by atoms with Gasteiger partial charge >= 0.3 is 0 Å². The lowest BCUT2D eigenvalue weighted by Gasteiger charge is -2.11. The van der Waals surface area contributed by atoms with Gasteiger partial charge in [0.25, 0.3) is 0 Å². The molecule has 1 fully saturated rings. The highest BCUT2D eigenvalue weighted by molar-refractivity contribution is 7.85. The van der Waals surface area contributed by atoms with Gasteiger partial charge in [-0.2, -0.15) is 0 Å². The van der Waals surface area contributed by atoms with Crippen molar-refractivity contribution in [2.45, 2.75) is 36.7 Å². The predicted molar refractivity (Wildman–Crippen MR) is 78.9 cm³/mol. The molecule has 110 valence electrons. The Labute approximate surface area is 122 Å². The van der Waals surface area contributed by atoms with Crippen molar-refractivity contribution in [3.05, 3.63) is 30.3 Å². The summed E-state index contributed by atoms with van der Waals surface area (Å²) in [5, 5.41) is 2.75. The Hall–Kier alpha value is -1.20. The Balaban J connectivity index is 1.60. The van der Waals surface area contributed by atoms with Crippen LogP contribution in [0.15, 0.2) is 35.2 Å². The summed E-state index contributed by atoms with van der Waals surface area (Å²) in [6, 6.07) is 9.29. The molecule has 1 unspecified atom stereocenters. The molecular weight excluding hydrogens is 274 g/mol. The van der Waals surface area contributed by atoms with Crippen LogP contribution in [0.1, 0.15) is 25.7 Å². The molecule has 1 aliphatic rings. The minimum atomic E-state index is -1.06. The van der Waals surface area contributed by atoms with Crippen molar-refractivity contribution < 1.29 is 13.7 Å². The van der Waals surface area contributed by atoms with Crippen LogP contribution in [-0.4, -0.2) is 35.1 Å². The van der Waals surface area contributed by atoms with E-state index in [9.17, 15) is 9.00 Å². The first kappa shape index (κ1) is 15.2. The summed E-state index contributed by atoms with van der Waals surface area (Å²) in [6.45, 7) is 0.525. The lowest BCUT2D eigenvalue weighted by atomic mass is 10.3. The number of hydrogen-bond acceptors (Lipinski definition) is 3. The quantitative estimate of drug-likeness (QED) is 0.835. The molecule has 1 atom stereocenters. The average Bonchev–Trinajstić information content (AvgIpc) is 2.99. The third-order valence-electron chi connectivity index (χ3n) is 3.37. The molecule has 0 bridgehead atoms. The van der Waals surface area contributed by atoms with Gasteiger partial charge in [-0.3, -0.25) is 9.00 Å². The minimum absolute atomic E-state index is 0.114. The molecule has 0 heterocycles. The van der Waals surface area contributed by atoms with E-state index in [0.29, 0.717) is 12.3 Å². The molecule has 0 spiro atoms. The molecule has 0 aromatic heterocycles. The fourth-order valence-electron chi connectivity index (χ4n) is 2.27. The van der Waals surface area contributed by atoms with Gasteiger partial charge in [0.1, 0.15) is 6.61 Å². The van der Waals surface area contributed by atoms with Crippen LogP contribution in [0, 0.1) is 0 Å². The van der Waals surface area contributed by atoms with Gasteiger partial charge < -0.3 is 10.1 Å². The second kappa shape index (κ2) is 8.17. The lowest BCUT2D eigenvalue weighted by Crippen LogP contribution is -2.32. The van der Waals surface area contributed by atoms with E-state index in [0.717, 1.165) is 17.7 Å². The molecule has 2 rings (SSSR count). The maximum atomic E-state index is 11.9. The third kappa shape index (κ3) is 5.06. The van der Waals surface area contributed by atoms with Crippen LogP contribution in [0.25, 0.3) is 0 Å². The van der Waals surface area contributed by atoms with Gasteiger partial charge in [0.15, 0.2) is 0 Å². The maximum absolute atomic E-state index is 11.9. The zero-order valence-corrected chi connectivity index (χ0v) is 12.4. The fourth-order valence-corrected chi connectivity index (χ4v) is 3.26. The van der Waals surface area contributed by atoms with E-state index in [2.05, 4.69) is 5.32 Å². The van der Waals surface area contributed by atoms with Crippen molar-refractivity contribution in [1.82, 2.24) is 5.32 Å². The smallest absolute Gasteiger partial charge is 0.246 e. The van der Waals surface area contributed by atoms with Gasteiger partial charge in [-0.15, -0.1) is 0 Å². The summed E-state index contributed by atoms with van der Waals surface area (Å²) in [4.78, 5) is 12.4. The Bertz CT molecular complexity index is 444. The van der Waals surface area contributed by atoms with Gasteiger partial charge in [0.2, 0.25) is 5.91 Å². The number of carbonyl (C=O) groups is 1. The number of nitrogens with one attached hydrogen (secondary N) is 1. The molecule has 1 aromatic carbocycles. The highest BCUT2D eigenvalue weighted by atomic mass is 32.2. The van der Waals surface area contributed by atoms with Crippen LogP contribution >= 0.6 is 0 Å². The second-order valence-electron chi connectivity index (χ2n) is 4.93. The van der Waals surface area contributed by atoms with Gasteiger partial charge in [-0.1, -0.05) is 31.0 Å². The van der Waals surface area contributed by atoms with Crippen LogP contribution in [-0.2, 0) is 20.3 Å². The fraction of sp³-hybridized carbons (Fsp3) is 0.533. The third-order valence-corrected chi connectivity index (χ3v) is 4.74. The molecule has 5 heteroatoms.